The van der Waals surface area contributed by atoms with E-state index < -0.39 is 0 Å². The summed E-state index contributed by atoms with van der Waals surface area (Å²) in [6, 6.07) is 0.265. The van der Waals surface area contributed by atoms with Crippen LogP contribution in [0.4, 0.5) is 0 Å². The molecule has 0 aromatic carbocycles. The van der Waals surface area contributed by atoms with Crippen LogP contribution in [-0.2, 0) is 9.47 Å². The van der Waals surface area contributed by atoms with Crippen molar-refractivity contribution in [2.24, 2.45) is 11.1 Å². The molecule has 1 aliphatic rings. The molecule has 3 nitrogen and oxygen atoms in total. The van der Waals surface area contributed by atoms with E-state index in [0.29, 0.717) is 0 Å². The first-order valence-corrected chi connectivity index (χ1v) is 5.01. The molecule has 0 amide bonds. The van der Waals surface area contributed by atoms with Crippen molar-refractivity contribution in [1.82, 2.24) is 0 Å². The third-order valence-electron chi connectivity index (χ3n) is 2.50. The van der Waals surface area contributed by atoms with Crippen molar-refractivity contribution in [2.45, 2.75) is 45.9 Å². The van der Waals surface area contributed by atoms with Crippen LogP contribution in [0.2, 0.25) is 0 Å². The van der Waals surface area contributed by atoms with Gasteiger partial charge >= 0.3 is 0 Å². The summed E-state index contributed by atoms with van der Waals surface area (Å²) < 4.78 is 11.0. The van der Waals surface area contributed by atoms with Crippen LogP contribution in [0.1, 0.15) is 33.6 Å². The lowest BCUT2D eigenvalue weighted by Crippen LogP contribution is -2.32. The minimum Gasteiger partial charge on any atom is -0.350 e. The first-order valence-electron chi connectivity index (χ1n) is 5.01. The monoisotopic (exact) mass is 187 g/mol. The van der Waals surface area contributed by atoms with Gasteiger partial charge in [-0.05, 0) is 19.8 Å². The minimum absolute atomic E-state index is 0.0359. The van der Waals surface area contributed by atoms with Crippen molar-refractivity contribution >= 4 is 0 Å². The molecular weight excluding hydrogens is 166 g/mol. The summed E-state index contributed by atoms with van der Waals surface area (Å²) >= 11 is 0. The number of rotatable bonds is 4. The maximum atomic E-state index is 5.72. The van der Waals surface area contributed by atoms with Crippen molar-refractivity contribution in [1.29, 1.82) is 0 Å². The summed E-state index contributed by atoms with van der Waals surface area (Å²) in [5.74, 6) is 0. The van der Waals surface area contributed by atoms with Crippen LogP contribution in [0, 0.1) is 5.41 Å². The average Bonchev–Trinajstić information content (AvgIpc) is 2.53. The Bertz CT molecular complexity index is 151. The van der Waals surface area contributed by atoms with Crippen molar-refractivity contribution in [2.75, 3.05) is 13.2 Å². The predicted octanol–water partition coefficient (Wildman–Crippen LogP) is 1.51. The van der Waals surface area contributed by atoms with Gasteiger partial charge in [-0.1, -0.05) is 13.8 Å². The van der Waals surface area contributed by atoms with Crippen LogP contribution in [0.15, 0.2) is 0 Å². The summed E-state index contributed by atoms with van der Waals surface area (Å²) in [6.45, 7) is 7.84. The van der Waals surface area contributed by atoms with Crippen molar-refractivity contribution < 1.29 is 9.47 Å². The lowest BCUT2D eigenvalue weighted by Gasteiger charge is -2.30. The fraction of sp³-hybridized carbons (Fsp3) is 1.00. The van der Waals surface area contributed by atoms with Crippen molar-refractivity contribution in [3.8, 4) is 0 Å². The Morgan fingerprint density at radius 1 is 1.38 bits per heavy atom. The summed E-state index contributed by atoms with van der Waals surface area (Å²) in [6.07, 6.45) is 2.04. The van der Waals surface area contributed by atoms with Crippen LogP contribution in [-0.4, -0.2) is 25.5 Å². The van der Waals surface area contributed by atoms with Gasteiger partial charge in [0.1, 0.15) is 0 Å². The minimum atomic E-state index is -0.0359. The van der Waals surface area contributed by atoms with E-state index in [-0.39, 0.29) is 17.7 Å². The fourth-order valence-corrected chi connectivity index (χ4v) is 1.53. The molecule has 1 atom stereocenters. The van der Waals surface area contributed by atoms with Crippen LogP contribution in [0.5, 0.6) is 0 Å². The molecule has 3 heteroatoms. The zero-order chi connectivity index (χ0) is 9.90. The van der Waals surface area contributed by atoms with E-state index in [1.165, 1.54) is 0 Å². The third-order valence-corrected chi connectivity index (χ3v) is 2.50. The van der Waals surface area contributed by atoms with Crippen LogP contribution < -0.4 is 5.73 Å². The molecule has 1 saturated heterocycles. The molecule has 0 radical (unpaired) electrons. The van der Waals surface area contributed by atoms with Gasteiger partial charge < -0.3 is 15.2 Å². The van der Waals surface area contributed by atoms with E-state index in [2.05, 4.69) is 13.8 Å². The second-order valence-corrected chi connectivity index (χ2v) is 4.58. The Morgan fingerprint density at radius 3 is 2.38 bits per heavy atom. The number of hydrogen-bond acceptors (Lipinski definition) is 3. The molecule has 1 unspecified atom stereocenters. The van der Waals surface area contributed by atoms with Gasteiger partial charge in [0.2, 0.25) is 0 Å². The Kier molecular flexibility index (Phi) is 3.71. The van der Waals surface area contributed by atoms with E-state index in [4.69, 9.17) is 15.2 Å². The highest BCUT2D eigenvalue weighted by Gasteiger charge is 2.33. The van der Waals surface area contributed by atoms with Gasteiger partial charge in [-0.15, -0.1) is 0 Å². The molecule has 0 spiro atoms. The molecule has 1 rings (SSSR count). The molecular formula is C10H21NO2. The van der Waals surface area contributed by atoms with Gasteiger partial charge in [0.15, 0.2) is 6.29 Å². The number of nitrogens with two attached hydrogens (primary N) is 1. The van der Waals surface area contributed by atoms with E-state index in [0.717, 1.165) is 26.1 Å². The normalized spacial score (nSPS) is 22.2. The van der Waals surface area contributed by atoms with Crippen LogP contribution in [0.3, 0.4) is 0 Å². The number of ether oxygens (including phenoxy) is 2. The molecule has 1 heterocycles. The molecule has 1 fully saturated rings. The first kappa shape index (κ1) is 11.0. The van der Waals surface area contributed by atoms with Gasteiger partial charge in [0, 0.05) is 11.5 Å². The molecule has 0 aromatic heterocycles. The molecule has 0 bridgehead atoms. The standard InChI is InChI=1S/C10H21NO2/c1-8(11)4-5-10(2,3)9-12-6-7-13-9/h8-9H,4-7,11H2,1-3H3. The lowest BCUT2D eigenvalue weighted by atomic mass is 9.86. The fourth-order valence-electron chi connectivity index (χ4n) is 1.53. The zero-order valence-corrected chi connectivity index (χ0v) is 8.88. The van der Waals surface area contributed by atoms with Gasteiger partial charge in [-0.3, -0.25) is 0 Å². The average molecular weight is 187 g/mol. The Balaban J connectivity index is 2.35. The maximum absolute atomic E-state index is 5.72. The molecule has 0 aliphatic carbocycles. The Morgan fingerprint density at radius 2 is 1.92 bits per heavy atom. The zero-order valence-electron chi connectivity index (χ0n) is 8.88. The second kappa shape index (κ2) is 4.40. The van der Waals surface area contributed by atoms with E-state index in [9.17, 15) is 0 Å². The highest BCUT2D eigenvalue weighted by Crippen LogP contribution is 2.32. The summed E-state index contributed by atoms with van der Waals surface area (Å²) in [5, 5.41) is 0. The highest BCUT2D eigenvalue weighted by atomic mass is 16.7. The predicted molar refractivity (Wildman–Crippen MR) is 52.4 cm³/mol. The molecule has 1 aliphatic heterocycles. The quantitative estimate of drug-likeness (QED) is 0.725. The molecule has 0 aromatic rings. The maximum Gasteiger partial charge on any atom is 0.162 e. The van der Waals surface area contributed by atoms with Crippen molar-refractivity contribution in [3.05, 3.63) is 0 Å². The lowest BCUT2D eigenvalue weighted by molar-refractivity contribution is -0.123. The summed E-state index contributed by atoms with van der Waals surface area (Å²) in [4.78, 5) is 0. The SMILES string of the molecule is CC(N)CCC(C)(C)C1OCCO1. The van der Waals surface area contributed by atoms with E-state index >= 15 is 0 Å². The van der Waals surface area contributed by atoms with E-state index in [1.54, 1.807) is 0 Å². The Labute approximate surface area is 80.6 Å². The molecule has 2 N–H and O–H groups in total. The Hall–Kier alpha value is -0.120. The highest BCUT2D eigenvalue weighted by molar-refractivity contribution is 4.76. The third kappa shape index (κ3) is 3.25. The smallest absolute Gasteiger partial charge is 0.162 e. The van der Waals surface area contributed by atoms with Gasteiger partial charge in [-0.2, -0.15) is 0 Å². The van der Waals surface area contributed by atoms with Gasteiger partial charge in [0.25, 0.3) is 0 Å². The molecule has 0 saturated carbocycles. The van der Waals surface area contributed by atoms with Crippen LogP contribution in [0.25, 0.3) is 0 Å². The number of hydrogen-bond donors (Lipinski definition) is 1. The first-order chi connectivity index (χ1) is 6.02. The van der Waals surface area contributed by atoms with Gasteiger partial charge in [-0.25, -0.2) is 0 Å². The van der Waals surface area contributed by atoms with Gasteiger partial charge in [0.05, 0.1) is 13.2 Å². The van der Waals surface area contributed by atoms with Crippen molar-refractivity contribution in [3.63, 3.8) is 0 Å². The summed E-state index contributed by atoms with van der Waals surface area (Å²) in [5.41, 5.74) is 5.80. The van der Waals surface area contributed by atoms with Crippen LogP contribution >= 0.6 is 0 Å². The largest absolute Gasteiger partial charge is 0.350 e. The topological polar surface area (TPSA) is 44.5 Å². The molecule has 78 valence electrons. The molecule has 13 heavy (non-hydrogen) atoms. The van der Waals surface area contributed by atoms with E-state index in [1.807, 2.05) is 6.92 Å². The summed E-state index contributed by atoms with van der Waals surface area (Å²) in [7, 11) is 0. The second-order valence-electron chi connectivity index (χ2n) is 4.58.